The van der Waals surface area contributed by atoms with Crippen molar-refractivity contribution >= 4 is 17.7 Å². The highest BCUT2D eigenvalue weighted by Gasteiger charge is 2.12. The molecule has 0 bridgehead atoms. The molecule has 1 aromatic rings. The highest BCUT2D eigenvalue weighted by molar-refractivity contribution is 7.98. The van der Waals surface area contributed by atoms with Crippen LogP contribution in [0.3, 0.4) is 0 Å². The van der Waals surface area contributed by atoms with Crippen LogP contribution in [0.4, 0.5) is 0 Å². The lowest BCUT2D eigenvalue weighted by Crippen LogP contribution is -2.09. The fraction of sp³-hybridized carbons (Fsp3) is 0.500. The summed E-state index contributed by atoms with van der Waals surface area (Å²) in [5, 5.41) is 0.494. The molecule has 0 spiro atoms. The van der Waals surface area contributed by atoms with Crippen molar-refractivity contribution in [2.75, 3.05) is 19.5 Å². The first-order chi connectivity index (χ1) is 7.71. The summed E-state index contributed by atoms with van der Waals surface area (Å²) in [6.07, 6.45) is 1.83. The molecule has 1 rings (SSSR count). The minimum Gasteiger partial charge on any atom is -0.478 e. The maximum Gasteiger partial charge on any atom is 0.357 e. The predicted molar refractivity (Wildman–Crippen MR) is 60.9 cm³/mol. The van der Waals surface area contributed by atoms with E-state index in [4.69, 9.17) is 9.47 Å². The number of hydrogen-bond acceptors (Lipinski definition) is 6. The molecular formula is C10H14N2O3S. The lowest BCUT2D eigenvalue weighted by molar-refractivity contribution is 0.0517. The van der Waals surface area contributed by atoms with Crippen molar-refractivity contribution in [3.8, 4) is 5.88 Å². The second kappa shape index (κ2) is 6.32. The van der Waals surface area contributed by atoms with Crippen molar-refractivity contribution in [1.29, 1.82) is 0 Å². The van der Waals surface area contributed by atoms with E-state index in [0.717, 1.165) is 0 Å². The van der Waals surface area contributed by atoms with Crippen molar-refractivity contribution in [2.45, 2.75) is 19.0 Å². The van der Waals surface area contributed by atoms with Gasteiger partial charge in [0.15, 0.2) is 10.9 Å². The van der Waals surface area contributed by atoms with Gasteiger partial charge in [0.1, 0.15) is 0 Å². The third-order valence-corrected chi connectivity index (χ3v) is 2.19. The van der Waals surface area contributed by atoms with Crippen LogP contribution in [0.1, 0.15) is 24.3 Å². The minimum absolute atomic E-state index is 0.227. The van der Waals surface area contributed by atoms with Gasteiger partial charge in [-0.25, -0.2) is 9.78 Å². The summed E-state index contributed by atoms with van der Waals surface area (Å²) in [5.74, 6) is -0.0638. The van der Waals surface area contributed by atoms with Crippen LogP contribution in [0, 0.1) is 0 Å². The number of aromatic nitrogens is 2. The van der Waals surface area contributed by atoms with Gasteiger partial charge >= 0.3 is 5.97 Å². The molecule has 6 heteroatoms. The molecule has 5 nitrogen and oxygen atoms in total. The van der Waals surface area contributed by atoms with Gasteiger partial charge in [-0.3, -0.25) is 0 Å². The third kappa shape index (κ3) is 3.37. The van der Waals surface area contributed by atoms with Crippen LogP contribution in [-0.4, -0.2) is 35.4 Å². The third-order valence-electron chi connectivity index (χ3n) is 1.64. The van der Waals surface area contributed by atoms with Crippen LogP contribution in [0.5, 0.6) is 5.88 Å². The summed E-state index contributed by atoms with van der Waals surface area (Å²) >= 11 is 1.35. The maximum absolute atomic E-state index is 11.5. The Morgan fingerprint density at radius 2 is 2.12 bits per heavy atom. The van der Waals surface area contributed by atoms with E-state index in [1.165, 1.54) is 17.8 Å². The molecule has 16 heavy (non-hydrogen) atoms. The first-order valence-corrected chi connectivity index (χ1v) is 6.16. The Kier molecular flexibility index (Phi) is 5.04. The summed E-state index contributed by atoms with van der Waals surface area (Å²) < 4.78 is 10.1. The molecule has 0 amide bonds. The molecular weight excluding hydrogens is 228 g/mol. The number of carbonyl (C=O) groups is 1. The second-order valence-electron chi connectivity index (χ2n) is 2.73. The van der Waals surface area contributed by atoms with Gasteiger partial charge in [-0.15, -0.1) is 0 Å². The number of ether oxygens (including phenoxy) is 2. The number of hydrogen-bond donors (Lipinski definition) is 0. The van der Waals surface area contributed by atoms with Crippen molar-refractivity contribution in [3.05, 3.63) is 11.8 Å². The Hall–Kier alpha value is -1.30. The van der Waals surface area contributed by atoms with Crippen LogP contribution >= 0.6 is 11.8 Å². The molecule has 1 aromatic heterocycles. The largest absolute Gasteiger partial charge is 0.478 e. The summed E-state index contributed by atoms with van der Waals surface area (Å²) in [6, 6.07) is 1.49. The lowest BCUT2D eigenvalue weighted by Gasteiger charge is -2.06. The normalized spacial score (nSPS) is 9.94. The molecule has 0 aromatic carbocycles. The topological polar surface area (TPSA) is 61.3 Å². The van der Waals surface area contributed by atoms with E-state index in [0.29, 0.717) is 24.3 Å². The summed E-state index contributed by atoms with van der Waals surface area (Å²) in [4.78, 5) is 19.6. The van der Waals surface area contributed by atoms with Gasteiger partial charge in [0.2, 0.25) is 5.88 Å². The number of thioether (sulfide) groups is 1. The van der Waals surface area contributed by atoms with Gasteiger partial charge in [0, 0.05) is 6.07 Å². The van der Waals surface area contributed by atoms with E-state index in [1.807, 2.05) is 13.2 Å². The van der Waals surface area contributed by atoms with Crippen molar-refractivity contribution in [2.24, 2.45) is 0 Å². The summed E-state index contributed by atoms with van der Waals surface area (Å²) in [5.41, 5.74) is 0.227. The molecule has 0 aliphatic carbocycles. The van der Waals surface area contributed by atoms with E-state index < -0.39 is 5.97 Å². The van der Waals surface area contributed by atoms with Crippen LogP contribution in [0.2, 0.25) is 0 Å². The van der Waals surface area contributed by atoms with Gasteiger partial charge in [0.05, 0.1) is 13.2 Å². The van der Waals surface area contributed by atoms with Crippen LogP contribution < -0.4 is 4.74 Å². The van der Waals surface area contributed by atoms with Gasteiger partial charge in [-0.1, -0.05) is 11.8 Å². The van der Waals surface area contributed by atoms with E-state index in [-0.39, 0.29) is 5.69 Å². The van der Waals surface area contributed by atoms with Crippen molar-refractivity contribution < 1.29 is 14.3 Å². The SMILES string of the molecule is CCOC(=O)c1cc(OCC)nc(SC)n1. The van der Waals surface area contributed by atoms with Gasteiger partial charge in [-0.05, 0) is 20.1 Å². The van der Waals surface area contributed by atoms with Crippen molar-refractivity contribution in [1.82, 2.24) is 9.97 Å². The Morgan fingerprint density at radius 1 is 1.38 bits per heavy atom. The summed E-state index contributed by atoms with van der Waals surface area (Å²) in [6.45, 7) is 4.41. The number of esters is 1. The first-order valence-electron chi connectivity index (χ1n) is 4.94. The number of rotatable bonds is 5. The summed E-state index contributed by atoms with van der Waals surface area (Å²) in [7, 11) is 0. The molecule has 1 heterocycles. The van der Waals surface area contributed by atoms with Crippen molar-refractivity contribution in [3.63, 3.8) is 0 Å². The molecule has 0 saturated heterocycles. The number of nitrogens with zero attached hydrogens (tertiary/aromatic N) is 2. The molecule has 0 radical (unpaired) electrons. The highest BCUT2D eigenvalue weighted by Crippen LogP contribution is 2.16. The fourth-order valence-corrected chi connectivity index (χ4v) is 1.40. The zero-order valence-corrected chi connectivity index (χ0v) is 10.3. The smallest absolute Gasteiger partial charge is 0.357 e. The van der Waals surface area contributed by atoms with Crippen LogP contribution in [-0.2, 0) is 4.74 Å². The van der Waals surface area contributed by atoms with Gasteiger partial charge in [0.25, 0.3) is 0 Å². The quantitative estimate of drug-likeness (QED) is 0.445. The zero-order chi connectivity index (χ0) is 12.0. The zero-order valence-electron chi connectivity index (χ0n) is 9.52. The Morgan fingerprint density at radius 3 is 2.69 bits per heavy atom. The molecule has 88 valence electrons. The minimum atomic E-state index is -0.457. The number of carbonyl (C=O) groups excluding carboxylic acids is 1. The molecule has 0 aliphatic rings. The maximum atomic E-state index is 11.5. The standard InChI is InChI=1S/C10H14N2O3S/c1-4-14-8-6-7(9(13)15-5-2)11-10(12-8)16-3/h6H,4-5H2,1-3H3. The second-order valence-corrected chi connectivity index (χ2v) is 3.51. The van der Waals surface area contributed by atoms with E-state index >= 15 is 0 Å². The first kappa shape index (κ1) is 12.8. The molecule has 0 saturated carbocycles. The average molecular weight is 242 g/mol. The molecule has 0 unspecified atom stereocenters. The van der Waals surface area contributed by atoms with Gasteiger partial charge in [-0.2, -0.15) is 4.98 Å². The molecule has 0 fully saturated rings. The average Bonchev–Trinajstić information content (AvgIpc) is 2.29. The predicted octanol–water partition coefficient (Wildman–Crippen LogP) is 1.77. The Labute approximate surface area is 98.6 Å². The Balaban J connectivity index is 2.98. The highest BCUT2D eigenvalue weighted by atomic mass is 32.2. The van der Waals surface area contributed by atoms with Crippen LogP contribution in [0.25, 0.3) is 0 Å². The monoisotopic (exact) mass is 242 g/mol. The van der Waals surface area contributed by atoms with E-state index in [9.17, 15) is 4.79 Å². The Bertz CT molecular complexity index is 371. The fourth-order valence-electron chi connectivity index (χ4n) is 1.03. The van der Waals surface area contributed by atoms with Gasteiger partial charge < -0.3 is 9.47 Å². The molecule has 0 aliphatic heterocycles. The van der Waals surface area contributed by atoms with Crippen LogP contribution in [0.15, 0.2) is 11.2 Å². The van der Waals surface area contributed by atoms with E-state index in [1.54, 1.807) is 6.92 Å². The van der Waals surface area contributed by atoms with E-state index in [2.05, 4.69) is 9.97 Å². The molecule has 0 atom stereocenters. The molecule has 0 N–H and O–H groups in total. The lowest BCUT2D eigenvalue weighted by atomic mass is 10.4.